The Morgan fingerprint density at radius 2 is 2.09 bits per heavy atom. The number of benzene rings is 2. The summed E-state index contributed by atoms with van der Waals surface area (Å²) in [6, 6.07) is 9.61. The van der Waals surface area contributed by atoms with Crippen LogP contribution >= 0.6 is 11.6 Å². The second-order valence-electron chi connectivity index (χ2n) is 5.86. The van der Waals surface area contributed by atoms with Crippen LogP contribution in [0.25, 0.3) is 11.1 Å². The number of Topliss-reactive ketones (excluding diaryl/α,β-unsaturated/α-hetero) is 1. The van der Waals surface area contributed by atoms with Crippen LogP contribution in [0, 0.1) is 0 Å². The summed E-state index contributed by atoms with van der Waals surface area (Å²) in [5.74, 6) is 1.51. The topological polar surface area (TPSA) is 61.5 Å². The predicted molar refractivity (Wildman–Crippen MR) is 88.5 cm³/mol. The highest BCUT2D eigenvalue weighted by Gasteiger charge is 2.25. The van der Waals surface area contributed by atoms with Crippen molar-refractivity contribution in [1.29, 1.82) is 0 Å². The highest BCUT2D eigenvalue weighted by Crippen LogP contribution is 2.40. The predicted octanol–water partition coefficient (Wildman–Crippen LogP) is 3.23. The fourth-order valence-electron chi connectivity index (χ4n) is 3.13. The largest absolute Gasteiger partial charge is 0.492 e. The van der Waals surface area contributed by atoms with Gasteiger partial charge in [-0.05, 0) is 35.4 Å². The van der Waals surface area contributed by atoms with Crippen LogP contribution in [-0.2, 0) is 6.42 Å². The normalized spacial score (nSPS) is 18.9. The summed E-state index contributed by atoms with van der Waals surface area (Å²) >= 11 is 6.36. The van der Waals surface area contributed by atoms with Crippen LogP contribution in [0.5, 0.6) is 11.5 Å². The van der Waals surface area contributed by atoms with Gasteiger partial charge in [0.05, 0.1) is 17.2 Å². The number of carbonyl (C=O) groups is 1. The molecule has 2 N–H and O–H groups in total. The van der Waals surface area contributed by atoms with Crippen molar-refractivity contribution >= 4 is 17.4 Å². The molecule has 23 heavy (non-hydrogen) atoms. The summed E-state index contributed by atoms with van der Waals surface area (Å²) in [4.78, 5) is 11.9. The van der Waals surface area contributed by atoms with Crippen LogP contribution in [0.3, 0.4) is 0 Å². The lowest BCUT2D eigenvalue weighted by atomic mass is 9.97. The highest BCUT2D eigenvalue weighted by atomic mass is 35.5. The van der Waals surface area contributed by atoms with Crippen LogP contribution in [-0.4, -0.2) is 25.0 Å². The number of ketones is 1. The minimum Gasteiger partial charge on any atom is -0.492 e. The minimum atomic E-state index is -0.0118. The summed E-state index contributed by atoms with van der Waals surface area (Å²) in [6.07, 6.45) is 1.19. The summed E-state index contributed by atoms with van der Waals surface area (Å²) in [5, 5.41) is 0.586. The Labute approximate surface area is 139 Å². The van der Waals surface area contributed by atoms with Gasteiger partial charge in [0, 0.05) is 24.9 Å². The lowest BCUT2D eigenvalue weighted by Gasteiger charge is -2.17. The number of hydrogen-bond donors (Lipinski definition) is 1. The third kappa shape index (κ3) is 2.48. The monoisotopic (exact) mass is 329 g/mol. The molecule has 2 heterocycles. The molecule has 1 atom stereocenters. The molecule has 0 aliphatic carbocycles. The standard InChI is InChI=1S/C18H16ClNO3/c19-15-7-11(5-12-6-13(9-20)23-18(12)15)10-1-2-14-16(21)3-4-22-17(14)8-10/h1-2,5,7-8,13H,3-4,6,9,20H2. The molecule has 2 aliphatic rings. The van der Waals surface area contributed by atoms with Crippen LogP contribution < -0.4 is 15.2 Å². The summed E-state index contributed by atoms with van der Waals surface area (Å²) in [6.45, 7) is 0.904. The van der Waals surface area contributed by atoms with Gasteiger partial charge in [0.1, 0.15) is 17.6 Å². The van der Waals surface area contributed by atoms with Crippen molar-refractivity contribution in [1.82, 2.24) is 0 Å². The molecule has 0 spiro atoms. The molecular weight excluding hydrogens is 314 g/mol. The molecule has 0 saturated heterocycles. The molecular formula is C18H16ClNO3. The number of nitrogens with two attached hydrogens (primary N) is 1. The Morgan fingerprint density at radius 1 is 1.22 bits per heavy atom. The number of carbonyl (C=O) groups excluding carboxylic acids is 1. The fraction of sp³-hybridized carbons (Fsp3) is 0.278. The van der Waals surface area contributed by atoms with E-state index in [-0.39, 0.29) is 11.9 Å². The number of ether oxygens (including phenoxy) is 2. The number of rotatable bonds is 2. The molecule has 2 aromatic carbocycles. The zero-order chi connectivity index (χ0) is 16.0. The van der Waals surface area contributed by atoms with E-state index in [2.05, 4.69) is 6.07 Å². The van der Waals surface area contributed by atoms with Crippen LogP contribution in [0.1, 0.15) is 22.3 Å². The van der Waals surface area contributed by atoms with Gasteiger partial charge in [0.25, 0.3) is 0 Å². The van der Waals surface area contributed by atoms with Gasteiger partial charge >= 0.3 is 0 Å². The number of halogens is 1. The highest BCUT2D eigenvalue weighted by molar-refractivity contribution is 6.32. The summed E-state index contributed by atoms with van der Waals surface area (Å²) in [5.41, 5.74) is 9.36. The fourth-order valence-corrected chi connectivity index (χ4v) is 3.41. The van der Waals surface area contributed by atoms with E-state index in [0.717, 1.165) is 28.9 Å². The van der Waals surface area contributed by atoms with E-state index in [1.807, 2.05) is 24.3 Å². The minimum absolute atomic E-state index is 0.0118. The molecule has 0 saturated carbocycles. The summed E-state index contributed by atoms with van der Waals surface area (Å²) < 4.78 is 11.4. The van der Waals surface area contributed by atoms with E-state index in [0.29, 0.717) is 35.9 Å². The summed E-state index contributed by atoms with van der Waals surface area (Å²) in [7, 11) is 0. The maximum atomic E-state index is 11.9. The van der Waals surface area contributed by atoms with Gasteiger partial charge < -0.3 is 15.2 Å². The SMILES string of the molecule is NCC1Cc2cc(-c3ccc4c(c3)OCCC4=O)cc(Cl)c2O1. The van der Waals surface area contributed by atoms with Gasteiger partial charge in [-0.15, -0.1) is 0 Å². The maximum absolute atomic E-state index is 11.9. The number of fused-ring (bicyclic) bond motifs is 2. The van der Waals surface area contributed by atoms with Gasteiger partial charge in [0.2, 0.25) is 0 Å². The lowest BCUT2D eigenvalue weighted by molar-refractivity contribution is 0.0933. The molecule has 118 valence electrons. The van der Waals surface area contributed by atoms with Crippen molar-refractivity contribution in [2.75, 3.05) is 13.2 Å². The molecule has 4 rings (SSSR count). The van der Waals surface area contributed by atoms with Gasteiger partial charge in [-0.3, -0.25) is 4.79 Å². The second-order valence-corrected chi connectivity index (χ2v) is 6.27. The average Bonchev–Trinajstić information content (AvgIpc) is 2.98. The molecule has 0 aromatic heterocycles. The zero-order valence-corrected chi connectivity index (χ0v) is 13.2. The van der Waals surface area contributed by atoms with Crippen molar-refractivity contribution in [3.8, 4) is 22.6 Å². The van der Waals surface area contributed by atoms with Gasteiger partial charge in [-0.25, -0.2) is 0 Å². The Hall–Kier alpha value is -2.04. The first-order chi connectivity index (χ1) is 11.2. The van der Waals surface area contributed by atoms with E-state index in [1.54, 1.807) is 0 Å². The van der Waals surface area contributed by atoms with Crippen molar-refractivity contribution in [3.63, 3.8) is 0 Å². The average molecular weight is 330 g/mol. The van der Waals surface area contributed by atoms with Gasteiger partial charge in [-0.2, -0.15) is 0 Å². The molecule has 2 aromatic rings. The molecule has 0 radical (unpaired) electrons. The van der Waals surface area contributed by atoms with Crippen molar-refractivity contribution < 1.29 is 14.3 Å². The van der Waals surface area contributed by atoms with E-state index in [1.165, 1.54) is 0 Å². The molecule has 5 heteroatoms. The molecule has 0 amide bonds. The van der Waals surface area contributed by atoms with Crippen molar-refractivity contribution in [2.45, 2.75) is 18.9 Å². The third-order valence-electron chi connectivity index (χ3n) is 4.32. The van der Waals surface area contributed by atoms with Crippen LogP contribution in [0.4, 0.5) is 0 Å². The lowest BCUT2D eigenvalue weighted by Crippen LogP contribution is -2.24. The van der Waals surface area contributed by atoms with E-state index >= 15 is 0 Å². The van der Waals surface area contributed by atoms with Crippen LogP contribution in [0.2, 0.25) is 5.02 Å². The first-order valence-electron chi connectivity index (χ1n) is 7.65. The quantitative estimate of drug-likeness (QED) is 0.918. The van der Waals surface area contributed by atoms with E-state index in [9.17, 15) is 4.79 Å². The zero-order valence-electron chi connectivity index (χ0n) is 12.5. The van der Waals surface area contributed by atoms with Crippen molar-refractivity contribution in [3.05, 3.63) is 46.5 Å². The Kier molecular flexibility index (Phi) is 3.51. The molecule has 2 aliphatic heterocycles. The Bertz CT molecular complexity index is 803. The van der Waals surface area contributed by atoms with Crippen molar-refractivity contribution in [2.24, 2.45) is 5.73 Å². The molecule has 0 bridgehead atoms. The van der Waals surface area contributed by atoms with Gasteiger partial charge in [0.15, 0.2) is 5.78 Å². The molecule has 0 fully saturated rings. The Balaban J connectivity index is 1.75. The smallest absolute Gasteiger partial charge is 0.169 e. The van der Waals surface area contributed by atoms with Gasteiger partial charge in [-0.1, -0.05) is 17.7 Å². The first-order valence-corrected chi connectivity index (χ1v) is 8.03. The maximum Gasteiger partial charge on any atom is 0.169 e. The van der Waals surface area contributed by atoms with E-state index in [4.69, 9.17) is 26.8 Å². The third-order valence-corrected chi connectivity index (χ3v) is 4.60. The Morgan fingerprint density at radius 3 is 2.91 bits per heavy atom. The molecule has 1 unspecified atom stereocenters. The second kappa shape index (κ2) is 5.55. The number of hydrogen-bond acceptors (Lipinski definition) is 4. The molecule has 4 nitrogen and oxygen atoms in total. The van der Waals surface area contributed by atoms with Crippen LogP contribution in [0.15, 0.2) is 30.3 Å². The first kappa shape index (κ1) is 14.5. The van der Waals surface area contributed by atoms with E-state index < -0.39 is 0 Å².